The van der Waals surface area contributed by atoms with Gasteiger partial charge in [-0.1, -0.05) is 133 Å². The first kappa shape index (κ1) is 32.6. The number of benzene rings is 4. The van der Waals surface area contributed by atoms with E-state index in [0.29, 0.717) is 6.61 Å². The van der Waals surface area contributed by atoms with Gasteiger partial charge in [0.15, 0.2) is 5.78 Å². The quantitative estimate of drug-likeness (QED) is 0.0632. The van der Waals surface area contributed by atoms with Crippen LogP contribution in [-0.2, 0) is 50.2 Å². The normalized spacial score (nSPS) is 13.8. The summed E-state index contributed by atoms with van der Waals surface area (Å²) in [5, 5.41) is 4.11. The first-order chi connectivity index (χ1) is 21.7. The van der Waals surface area contributed by atoms with Gasteiger partial charge in [0.1, 0.15) is 12.2 Å². The number of nitrogens with zero attached hydrogens (tertiary/aromatic N) is 3. The van der Waals surface area contributed by atoms with E-state index >= 15 is 0 Å². The molecule has 0 aliphatic heterocycles. The number of carbonyl (C=O) groups excluding carboxylic acids is 1. The van der Waals surface area contributed by atoms with Crippen molar-refractivity contribution in [3.63, 3.8) is 0 Å². The highest BCUT2D eigenvalue weighted by Crippen LogP contribution is 2.24. The number of ether oxygens (including phenoxy) is 4. The summed E-state index contributed by atoms with van der Waals surface area (Å²) in [5.74, 6) is -0.141. The topological polar surface area (TPSA) is 103 Å². The first-order valence-electron chi connectivity index (χ1n) is 14.8. The number of hydrogen-bond acceptors (Lipinski definition) is 6. The molecule has 0 saturated carbocycles. The van der Waals surface area contributed by atoms with Gasteiger partial charge >= 0.3 is 0 Å². The van der Waals surface area contributed by atoms with E-state index in [1.54, 1.807) is 6.92 Å². The summed E-state index contributed by atoms with van der Waals surface area (Å²) in [6.07, 6.45) is -2.55. The summed E-state index contributed by atoms with van der Waals surface area (Å²) in [7, 11) is 0. The Hall–Kier alpha value is -4.30. The maximum absolute atomic E-state index is 13.5. The largest absolute Gasteiger partial charge is 0.376 e. The van der Waals surface area contributed by atoms with Crippen LogP contribution in [0.2, 0.25) is 0 Å². The van der Waals surface area contributed by atoms with Gasteiger partial charge in [-0.3, -0.25) is 4.79 Å². The maximum Gasteiger partial charge on any atom is 0.164 e. The van der Waals surface area contributed by atoms with Crippen LogP contribution in [0.25, 0.3) is 10.4 Å². The molecule has 8 nitrogen and oxygen atoms in total. The molecular weight excluding hydrogens is 554 g/mol. The van der Waals surface area contributed by atoms with Gasteiger partial charge < -0.3 is 18.9 Å². The molecule has 0 N–H and O–H groups in total. The average molecular weight is 594 g/mol. The van der Waals surface area contributed by atoms with Gasteiger partial charge in [-0.15, -0.1) is 0 Å². The number of carbonyl (C=O) groups is 1. The van der Waals surface area contributed by atoms with E-state index < -0.39 is 24.4 Å². The summed E-state index contributed by atoms with van der Waals surface area (Å²) in [4.78, 5) is 16.7. The summed E-state index contributed by atoms with van der Waals surface area (Å²) >= 11 is 0. The SMILES string of the molecule is CCC(=O)[C@H](OCc1ccccc1)[C@@H](OCc1ccccc1)[C@H](OCc1ccccc1)[C@@H](COCc1ccccc1)N=[N+]=[N-]. The number of hydrogen-bond donors (Lipinski definition) is 0. The summed E-state index contributed by atoms with van der Waals surface area (Å²) in [6, 6.07) is 38.0. The van der Waals surface area contributed by atoms with Crippen LogP contribution in [0.15, 0.2) is 126 Å². The van der Waals surface area contributed by atoms with Gasteiger partial charge in [0.25, 0.3) is 0 Å². The van der Waals surface area contributed by atoms with Crippen molar-refractivity contribution in [2.45, 2.75) is 64.1 Å². The van der Waals surface area contributed by atoms with Crippen LogP contribution < -0.4 is 0 Å². The number of Topliss-reactive ketones (excluding diaryl/α,β-unsaturated/α-hetero) is 1. The minimum absolute atomic E-state index is 0.0509. The Morgan fingerprint density at radius 2 is 1.05 bits per heavy atom. The van der Waals surface area contributed by atoms with E-state index in [2.05, 4.69) is 10.0 Å². The van der Waals surface area contributed by atoms with E-state index in [-0.39, 0.29) is 38.6 Å². The van der Waals surface area contributed by atoms with Crippen LogP contribution in [0.5, 0.6) is 0 Å². The van der Waals surface area contributed by atoms with Gasteiger partial charge in [0.2, 0.25) is 0 Å². The second-order valence-corrected chi connectivity index (χ2v) is 10.3. The molecule has 0 aliphatic carbocycles. The van der Waals surface area contributed by atoms with E-state index in [1.165, 1.54) is 0 Å². The molecule has 0 saturated heterocycles. The minimum Gasteiger partial charge on any atom is -0.376 e. The van der Waals surface area contributed by atoms with Crippen molar-refractivity contribution in [2.75, 3.05) is 6.61 Å². The lowest BCUT2D eigenvalue weighted by Crippen LogP contribution is -2.52. The highest BCUT2D eigenvalue weighted by atomic mass is 16.6. The highest BCUT2D eigenvalue weighted by molar-refractivity contribution is 5.83. The Bertz CT molecular complexity index is 1420. The Balaban J connectivity index is 1.67. The summed E-state index contributed by atoms with van der Waals surface area (Å²) in [6.45, 7) is 2.77. The van der Waals surface area contributed by atoms with Gasteiger partial charge in [0, 0.05) is 11.3 Å². The predicted molar refractivity (Wildman–Crippen MR) is 169 cm³/mol. The van der Waals surface area contributed by atoms with Gasteiger partial charge in [-0.2, -0.15) is 0 Å². The van der Waals surface area contributed by atoms with Crippen LogP contribution in [0, 0.1) is 0 Å². The molecule has 0 unspecified atom stereocenters. The molecule has 228 valence electrons. The summed E-state index contributed by atoms with van der Waals surface area (Å²) < 4.78 is 25.4. The first-order valence-corrected chi connectivity index (χ1v) is 14.8. The van der Waals surface area contributed by atoms with E-state index in [4.69, 9.17) is 18.9 Å². The molecule has 0 bridgehead atoms. The van der Waals surface area contributed by atoms with Crippen LogP contribution in [0.1, 0.15) is 35.6 Å². The van der Waals surface area contributed by atoms with Crippen molar-refractivity contribution in [3.8, 4) is 0 Å². The molecule has 0 aromatic heterocycles. The Labute approximate surface area is 259 Å². The monoisotopic (exact) mass is 593 g/mol. The van der Waals surface area contributed by atoms with E-state index in [9.17, 15) is 10.3 Å². The van der Waals surface area contributed by atoms with Crippen molar-refractivity contribution in [3.05, 3.63) is 154 Å². The lowest BCUT2D eigenvalue weighted by atomic mass is 9.96. The van der Waals surface area contributed by atoms with Gasteiger partial charge in [-0.05, 0) is 27.8 Å². The minimum atomic E-state index is -0.991. The lowest BCUT2D eigenvalue weighted by Gasteiger charge is -2.35. The van der Waals surface area contributed by atoms with Crippen molar-refractivity contribution in [1.29, 1.82) is 0 Å². The molecule has 44 heavy (non-hydrogen) atoms. The molecule has 0 heterocycles. The molecule has 0 fully saturated rings. The van der Waals surface area contributed by atoms with E-state index in [0.717, 1.165) is 22.3 Å². The van der Waals surface area contributed by atoms with Crippen LogP contribution in [-0.4, -0.2) is 36.7 Å². The van der Waals surface area contributed by atoms with Crippen LogP contribution in [0.3, 0.4) is 0 Å². The Morgan fingerprint density at radius 1 is 0.636 bits per heavy atom. The third kappa shape index (κ3) is 10.5. The highest BCUT2D eigenvalue weighted by Gasteiger charge is 2.40. The number of rotatable bonds is 19. The molecule has 4 aromatic carbocycles. The van der Waals surface area contributed by atoms with Crippen molar-refractivity contribution in [2.24, 2.45) is 5.11 Å². The molecule has 8 heteroatoms. The number of ketones is 1. The third-order valence-electron chi connectivity index (χ3n) is 7.11. The fourth-order valence-electron chi connectivity index (χ4n) is 4.78. The Kier molecular flexibility index (Phi) is 13.6. The number of azide groups is 1. The smallest absolute Gasteiger partial charge is 0.164 e. The molecule has 0 spiro atoms. The molecule has 0 amide bonds. The molecular formula is C36H39N3O5. The van der Waals surface area contributed by atoms with Crippen LogP contribution >= 0.6 is 0 Å². The molecule has 4 atom stereocenters. The molecule has 0 aliphatic rings. The second kappa shape index (κ2) is 18.4. The fourth-order valence-corrected chi connectivity index (χ4v) is 4.78. The van der Waals surface area contributed by atoms with Crippen molar-refractivity contribution >= 4 is 5.78 Å². The average Bonchev–Trinajstić information content (AvgIpc) is 3.08. The summed E-state index contributed by atoms with van der Waals surface area (Å²) in [5.41, 5.74) is 13.4. The molecule has 4 rings (SSSR count). The fraction of sp³-hybridized carbons (Fsp3) is 0.306. The van der Waals surface area contributed by atoms with Gasteiger partial charge in [-0.25, -0.2) is 0 Å². The lowest BCUT2D eigenvalue weighted by molar-refractivity contribution is -0.172. The standard InChI is InChI=1S/C36H39N3O5/c1-2-33(40)35(43-25-30-19-11-5-12-20-30)36(44-26-31-21-13-6-14-22-31)34(42-24-29-17-9-4-10-18-29)32(38-39-37)27-41-23-28-15-7-3-8-16-28/h3-22,32,34-36H,2,23-27H2,1H3/t32-,34-,35+,36+/m1/s1. The van der Waals surface area contributed by atoms with E-state index in [1.807, 2.05) is 121 Å². The van der Waals surface area contributed by atoms with Crippen molar-refractivity contribution in [1.82, 2.24) is 0 Å². The molecule has 0 radical (unpaired) electrons. The maximum atomic E-state index is 13.5. The zero-order valence-corrected chi connectivity index (χ0v) is 25.0. The van der Waals surface area contributed by atoms with Crippen LogP contribution in [0.4, 0.5) is 0 Å². The third-order valence-corrected chi connectivity index (χ3v) is 7.11. The van der Waals surface area contributed by atoms with Crippen molar-refractivity contribution < 1.29 is 23.7 Å². The molecule has 4 aromatic rings. The zero-order valence-electron chi connectivity index (χ0n) is 25.0. The zero-order chi connectivity index (χ0) is 30.8. The van der Waals surface area contributed by atoms with Gasteiger partial charge in [0.05, 0.1) is 45.2 Å². The second-order valence-electron chi connectivity index (χ2n) is 10.3. The Morgan fingerprint density at radius 3 is 1.48 bits per heavy atom. The predicted octanol–water partition coefficient (Wildman–Crippen LogP) is 7.62.